The van der Waals surface area contributed by atoms with Gasteiger partial charge in [0.25, 0.3) is 0 Å². The second-order valence-corrected chi connectivity index (χ2v) is 35.9. The third kappa shape index (κ3) is 38.3. The Labute approximate surface area is 458 Å². The van der Waals surface area contributed by atoms with E-state index in [1.807, 2.05) is 18.2 Å². The number of hydrogen-bond donors (Lipinski definition) is 2. The predicted octanol–water partition coefficient (Wildman–Crippen LogP) is 14.4. The number of phenolic OH excluding ortho intramolecular Hbond substituents is 1. The zero-order chi connectivity index (χ0) is 53.3. The molecule has 0 unspecified atom stereocenters. The maximum atomic E-state index is 10.1. The standard InChI is InChI=1S/C24H44O6Si.C18H34O3Si2.C11H24O5.4CH4/c1-8-9-25-10-11-26-12-13-27-14-15-28-16-17-29-22-18-21(2)19-23(20-22)30-31(6,7)24(3,4)5;1-17(2,3)22(7,8)20-15-11-14(19)12-16(13-15)21-23(9,10)18(4,5)6;1-2-4-13-6-8-15-10-11-16-9-7-14-5-3-12;;;;/h18-20H,8-17H2,1-7H3;11-13,19H,1-10H3;12H,2-11H2,1H3;4*1H4. The Kier molecular flexibility index (Phi) is 46.5. The minimum absolute atomic E-state index is 0. The van der Waals surface area contributed by atoms with Gasteiger partial charge in [-0.3, -0.25) is 0 Å². The van der Waals surface area contributed by atoms with Gasteiger partial charge in [-0.25, -0.2) is 0 Å². The summed E-state index contributed by atoms with van der Waals surface area (Å²) < 4.78 is 67.5. The second kappa shape index (κ2) is 42.7. The number of benzene rings is 2. The van der Waals surface area contributed by atoms with Crippen LogP contribution in [0.15, 0.2) is 36.4 Å². The Morgan fingerprint density at radius 3 is 0.892 bits per heavy atom. The van der Waals surface area contributed by atoms with Crippen LogP contribution in [-0.2, 0) is 37.9 Å². The third-order valence-corrected chi connectivity index (χ3v) is 25.2. The number of hydrogen-bond acceptors (Lipinski definition) is 14. The largest absolute Gasteiger partial charge is 0.543 e. The van der Waals surface area contributed by atoms with Crippen LogP contribution in [0.5, 0.6) is 28.7 Å². The van der Waals surface area contributed by atoms with E-state index >= 15 is 0 Å². The number of aryl methyl sites for hydroxylation is 1. The quantitative estimate of drug-likeness (QED) is 0.0505. The van der Waals surface area contributed by atoms with E-state index in [1.165, 1.54) is 0 Å². The lowest BCUT2D eigenvalue weighted by Crippen LogP contribution is -2.44. The van der Waals surface area contributed by atoms with Gasteiger partial charge in [0.1, 0.15) is 35.4 Å². The van der Waals surface area contributed by atoms with Crippen LogP contribution < -0.4 is 18.0 Å². The van der Waals surface area contributed by atoms with Gasteiger partial charge >= 0.3 is 0 Å². The van der Waals surface area contributed by atoms with Crippen molar-refractivity contribution in [2.45, 2.75) is 180 Å². The van der Waals surface area contributed by atoms with E-state index < -0.39 is 25.0 Å². The van der Waals surface area contributed by atoms with Crippen molar-refractivity contribution in [3.8, 4) is 28.7 Å². The van der Waals surface area contributed by atoms with Crippen molar-refractivity contribution in [3.63, 3.8) is 0 Å². The lowest BCUT2D eigenvalue weighted by molar-refractivity contribution is -0.00541. The van der Waals surface area contributed by atoms with E-state index in [4.69, 9.17) is 61.0 Å². The molecule has 0 saturated carbocycles. The molecular formula is C57H118O14Si3. The molecule has 0 bridgehead atoms. The molecule has 442 valence electrons. The van der Waals surface area contributed by atoms with Gasteiger partial charge in [0.2, 0.25) is 25.0 Å². The SMILES string of the molecule is C.C.C.C.CC(C)(C)[Si](C)(C)Oc1cc(O)cc(O[Si](C)(C)C(C)(C)C)c1.CCCOCCOCCOCCOCCO.CCCOCCOCCOCCOCCOc1cc(C)cc(O[Si](C)(C)C(C)(C)C)c1. The van der Waals surface area contributed by atoms with Crippen LogP contribution in [-0.4, -0.2) is 154 Å². The summed E-state index contributed by atoms with van der Waals surface area (Å²) in [5, 5.41) is 18.9. The number of ether oxygens (including phenoxy) is 9. The van der Waals surface area contributed by atoms with Gasteiger partial charge in [-0.2, -0.15) is 0 Å². The zero-order valence-electron chi connectivity index (χ0n) is 47.4. The molecular weight excluding hydrogens is 993 g/mol. The average molecular weight is 1110 g/mol. The highest BCUT2D eigenvalue weighted by atomic mass is 28.4. The number of aliphatic hydroxyl groups excluding tert-OH is 1. The van der Waals surface area contributed by atoms with Crippen molar-refractivity contribution in [1.82, 2.24) is 0 Å². The molecule has 0 atom stereocenters. The van der Waals surface area contributed by atoms with E-state index in [-0.39, 0.29) is 57.2 Å². The van der Waals surface area contributed by atoms with Gasteiger partial charge in [0, 0.05) is 37.5 Å². The van der Waals surface area contributed by atoms with Crippen molar-refractivity contribution in [2.24, 2.45) is 0 Å². The second-order valence-electron chi connectivity index (χ2n) is 21.7. The number of aliphatic hydroxyl groups is 1. The first-order valence-electron chi connectivity index (χ1n) is 25.5. The fourth-order valence-corrected chi connectivity index (χ4v) is 8.01. The van der Waals surface area contributed by atoms with Crippen molar-refractivity contribution in [3.05, 3.63) is 42.0 Å². The minimum atomic E-state index is -1.94. The Morgan fingerprint density at radius 2 is 0.608 bits per heavy atom. The zero-order valence-corrected chi connectivity index (χ0v) is 50.4. The molecule has 0 aromatic heterocycles. The molecule has 0 aliphatic carbocycles. The number of aromatic hydroxyl groups is 1. The van der Waals surface area contributed by atoms with E-state index in [0.29, 0.717) is 111 Å². The van der Waals surface area contributed by atoms with E-state index in [2.05, 4.69) is 128 Å². The van der Waals surface area contributed by atoms with Crippen LogP contribution in [0.25, 0.3) is 0 Å². The fraction of sp³-hybridized carbons (Fsp3) is 0.789. The molecule has 2 N–H and O–H groups in total. The molecule has 0 fully saturated rings. The van der Waals surface area contributed by atoms with Crippen LogP contribution in [0.2, 0.25) is 54.4 Å². The van der Waals surface area contributed by atoms with Crippen LogP contribution in [0.1, 0.15) is 124 Å². The Bertz CT molecular complexity index is 1550. The molecule has 14 nitrogen and oxygen atoms in total. The van der Waals surface area contributed by atoms with Gasteiger partial charge in [-0.15, -0.1) is 0 Å². The van der Waals surface area contributed by atoms with Gasteiger partial charge in [0.15, 0.2) is 0 Å². The Balaban J connectivity index is -0.000000329. The molecule has 0 radical (unpaired) electrons. The fourth-order valence-electron chi connectivity index (χ4n) is 4.97. The number of phenols is 1. The summed E-state index contributed by atoms with van der Waals surface area (Å²) in [7, 11) is -5.76. The molecule has 0 heterocycles. The summed E-state index contributed by atoms with van der Waals surface area (Å²) in [5.41, 5.74) is 1.12. The van der Waals surface area contributed by atoms with E-state index in [9.17, 15) is 5.11 Å². The van der Waals surface area contributed by atoms with Crippen molar-refractivity contribution in [1.29, 1.82) is 0 Å². The van der Waals surface area contributed by atoms with Crippen molar-refractivity contribution < 1.29 is 66.1 Å². The Hall–Kier alpha value is -2.27. The highest BCUT2D eigenvalue weighted by molar-refractivity contribution is 6.75. The molecule has 0 aliphatic heterocycles. The number of rotatable bonds is 34. The van der Waals surface area contributed by atoms with E-state index in [1.54, 1.807) is 12.1 Å². The lowest BCUT2D eigenvalue weighted by atomic mass is 10.2. The molecule has 0 saturated heterocycles. The molecule has 0 aliphatic rings. The maximum absolute atomic E-state index is 10.1. The molecule has 17 heteroatoms. The van der Waals surface area contributed by atoms with Crippen molar-refractivity contribution in [2.75, 3.05) is 119 Å². The smallest absolute Gasteiger partial charge is 0.250 e. The molecule has 2 rings (SSSR count). The predicted molar refractivity (Wildman–Crippen MR) is 319 cm³/mol. The molecule has 74 heavy (non-hydrogen) atoms. The van der Waals surface area contributed by atoms with Gasteiger partial charge in [-0.05, 0) is 91.9 Å². The summed E-state index contributed by atoms with van der Waals surface area (Å²) in [6.45, 7) is 49.4. The summed E-state index contributed by atoms with van der Waals surface area (Å²) in [5.74, 6) is 3.29. The third-order valence-electron chi connectivity index (χ3n) is 12.1. The van der Waals surface area contributed by atoms with E-state index in [0.717, 1.165) is 43.1 Å². The summed E-state index contributed by atoms with van der Waals surface area (Å²) in [6, 6.07) is 11.3. The maximum Gasteiger partial charge on any atom is 0.250 e. The first-order chi connectivity index (χ1) is 32.6. The highest BCUT2D eigenvalue weighted by Crippen LogP contribution is 2.42. The molecule has 0 spiro atoms. The molecule has 2 aromatic carbocycles. The summed E-state index contributed by atoms with van der Waals surface area (Å²) in [6.07, 6.45) is 2.07. The van der Waals surface area contributed by atoms with Gasteiger partial charge in [-0.1, -0.05) is 106 Å². The first-order valence-corrected chi connectivity index (χ1v) is 34.2. The lowest BCUT2D eigenvalue weighted by Gasteiger charge is -2.38. The van der Waals surface area contributed by atoms with Gasteiger partial charge in [0.05, 0.1) is 99.1 Å². The normalized spacial score (nSPS) is 11.8. The molecule has 2 aromatic rings. The van der Waals surface area contributed by atoms with Crippen LogP contribution >= 0.6 is 0 Å². The summed E-state index contributed by atoms with van der Waals surface area (Å²) >= 11 is 0. The minimum Gasteiger partial charge on any atom is -0.543 e. The molecule has 0 amide bonds. The summed E-state index contributed by atoms with van der Waals surface area (Å²) in [4.78, 5) is 0. The van der Waals surface area contributed by atoms with Crippen molar-refractivity contribution >= 4 is 25.0 Å². The van der Waals surface area contributed by atoms with Crippen LogP contribution in [0.4, 0.5) is 0 Å². The topological polar surface area (TPSA) is 151 Å². The van der Waals surface area contributed by atoms with Crippen LogP contribution in [0, 0.1) is 6.92 Å². The highest BCUT2D eigenvalue weighted by Gasteiger charge is 2.41. The monoisotopic (exact) mass is 1110 g/mol. The van der Waals surface area contributed by atoms with Crippen LogP contribution in [0.3, 0.4) is 0 Å². The average Bonchev–Trinajstić information content (AvgIpc) is 3.22. The first kappa shape index (κ1) is 80.6. The van der Waals surface area contributed by atoms with Gasteiger partial charge < -0.3 is 66.1 Å². The Morgan fingerprint density at radius 1 is 0.365 bits per heavy atom.